The van der Waals surface area contributed by atoms with E-state index >= 15 is 0 Å². The number of carbonyl (C=O) groups is 1. The Balaban J connectivity index is 1.77. The highest BCUT2D eigenvalue weighted by molar-refractivity contribution is 7.20. The van der Waals surface area contributed by atoms with Crippen LogP contribution in [-0.2, 0) is 0 Å². The molecule has 0 spiro atoms. The average molecular weight is 400 g/mol. The van der Waals surface area contributed by atoms with Gasteiger partial charge in [0.1, 0.15) is 0 Å². The molecule has 1 aromatic heterocycles. The van der Waals surface area contributed by atoms with Crippen molar-refractivity contribution in [3.63, 3.8) is 0 Å². The Morgan fingerprint density at radius 2 is 1.93 bits per heavy atom. The van der Waals surface area contributed by atoms with Gasteiger partial charge in [-0.25, -0.2) is 0 Å². The summed E-state index contributed by atoms with van der Waals surface area (Å²) in [5.41, 5.74) is 1.54. The Bertz CT molecular complexity index is 804. The Morgan fingerprint density at radius 3 is 2.57 bits per heavy atom. The molecule has 28 heavy (non-hydrogen) atoms. The van der Waals surface area contributed by atoms with Gasteiger partial charge in [-0.05, 0) is 72.9 Å². The lowest BCUT2D eigenvalue weighted by Crippen LogP contribution is -2.45. The van der Waals surface area contributed by atoms with Crippen LogP contribution in [0.1, 0.15) is 87.9 Å². The monoisotopic (exact) mass is 399 g/mol. The Labute approximate surface area is 175 Å². The van der Waals surface area contributed by atoms with Crippen molar-refractivity contribution >= 4 is 27.3 Å². The van der Waals surface area contributed by atoms with Crippen molar-refractivity contribution in [2.45, 2.75) is 85.6 Å². The van der Waals surface area contributed by atoms with E-state index in [0.29, 0.717) is 12.0 Å². The van der Waals surface area contributed by atoms with Crippen LogP contribution < -0.4 is 5.32 Å². The van der Waals surface area contributed by atoms with Crippen LogP contribution in [0.25, 0.3) is 10.1 Å². The van der Waals surface area contributed by atoms with E-state index in [1.54, 1.807) is 11.3 Å². The van der Waals surface area contributed by atoms with Crippen molar-refractivity contribution in [3.05, 3.63) is 34.7 Å². The van der Waals surface area contributed by atoms with E-state index in [2.05, 4.69) is 64.2 Å². The molecule has 2 nitrogen and oxygen atoms in total. The molecule has 3 unspecified atom stereocenters. The summed E-state index contributed by atoms with van der Waals surface area (Å²) < 4.78 is 1.21. The fourth-order valence-electron chi connectivity index (χ4n) is 4.38. The largest absolute Gasteiger partial charge is 0.348 e. The molecule has 0 radical (unpaired) electrons. The molecule has 154 valence electrons. The Kier molecular flexibility index (Phi) is 6.85. The number of nitrogens with one attached hydrogen (secondary N) is 1. The third kappa shape index (κ3) is 4.97. The van der Waals surface area contributed by atoms with Crippen LogP contribution in [0, 0.1) is 24.2 Å². The molecule has 1 aromatic carbocycles. The lowest BCUT2D eigenvalue weighted by molar-refractivity contribution is 0.0886. The van der Waals surface area contributed by atoms with Crippen molar-refractivity contribution < 1.29 is 4.79 Å². The normalized spacial score (nSPS) is 18.6. The summed E-state index contributed by atoms with van der Waals surface area (Å²) in [4.78, 5) is 14.0. The highest BCUT2D eigenvalue weighted by Gasteiger charge is 2.48. The molecule has 1 N–H and O–H groups in total. The van der Waals surface area contributed by atoms with Crippen LogP contribution in [0.5, 0.6) is 0 Å². The molecule has 3 atom stereocenters. The maximum absolute atomic E-state index is 13.2. The summed E-state index contributed by atoms with van der Waals surface area (Å²) in [6.07, 6.45) is 8.63. The highest BCUT2D eigenvalue weighted by atomic mass is 32.1. The second-order valence-corrected chi connectivity index (χ2v) is 10.5. The quantitative estimate of drug-likeness (QED) is 0.444. The zero-order valence-electron chi connectivity index (χ0n) is 18.3. The zero-order valence-corrected chi connectivity index (χ0v) is 19.1. The molecule has 3 heteroatoms. The van der Waals surface area contributed by atoms with Crippen molar-refractivity contribution in [1.29, 1.82) is 0 Å². The van der Waals surface area contributed by atoms with Crippen molar-refractivity contribution in [1.82, 2.24) is 5.32 Å². The van der Waals surface area contributed by atoms with Gasteiger partial charge in [0.2, 0.25) is 0 Å². The lowest BCUT2D eigenvalue weighted by Gasteiger charge is -2.33. The summed E-state index contributed by atoms with van der Waals surface area (Å²) in [7, 11) is 0. The van der Waals surface area contributed by atoms with Gasteiger partial charge >= 0.3 is 0 Å². The van der Waals surface area contributed by atoms with E-state index in [0.717, 1.165) is 10.8 Å². The van der Waals surface area contributed by atoms with E-state index in [1.165, 1.54) is 60.6 Å². The standard InChI is InChI=1S/C25H37NOS/c1-6-8-19(11-9-17(3)7-2)23(25(5)13-14-25)26-24(27)22-16-20-12-10-18(4)15-21(20)28-22/h10,12,15-17,19,23H,6-9,11,13-14H2,1-5H3,(H,26,27). The maximum atomic E-state index is 13.2. The topological polar surface area (TPSA) is 29.1 Å². The predicted octanol–water partition coefficient (Wildman–Crippen LogP) is 7.35. The molecule has 3 rings (SSSR count). The van der Waals surface area contributed by atoms with Gasteiger partial charge in [0.25, 0.3) is 5.91 Å². The van der Waals surface area contributed by atoms with Gasteiger partial charge in [0.15, 0.2) is 0 Å². The third-order valence-corrected chi connectivity index (χ3v) is 7.93. The van der Waals surface area contributed by atoms with Crippen molar-refractivity contribution in [2.24, 2.45) is 17.3 Å². The lowest BCUT2D eigenvalue weighted by atomic mass is 9.80. The number of aryl methyl sites for hydroxylation is 1. The van der Waals surface area contributed by atoms with Crippen LogP contribution >= 0.6 is 11.3 Å². The maximum Gasteiger partial charge on any atom is 0.261 e. The first kappa shape index (κ1) is 21.4. The first-order chi connectivity index (χ1) is 13.4. The van der Waals surface area contributed by atoms with Gasteiger partial charge < -0.3 is 5.32 Å². The SMILES string of the molecule is CCCC(CCC(C)CC)C(NC(=O)c1cc2ccc(C)cc2s1)C1(C)CC1. The number of rotatable bonds is 10. The van der Waals surface area contributed by atoms with Gasteiger partial charge in [0, 0.05) is 10.7 Å². The summed E-state index contributed by atoms with van der Waals surface area (Å²) in [6, 6.07) is 8.80. The summed E-state index contributed by atoms with van der Waals surface area (Å²) in [5, 5.41) is 4.69. The molecular weight excluding hydrogens is 362 g/mol. The van der Waals surface area contributed by atoms with Gasteiger partial charge in [-0.15, -0.1) is 11.3 Å². The summed E-state index contributed by atoms with van der Waals surface area (Å²) in [6.45, 7) is 11.4. The number of carbonyl (C=O) groups excluding carboxylic acids is 1. The van der Waals surface area contributed by atoms with Crippen LogP contribution in [0.15, 0.2) is 24.3 Å². The van der Waals surface area contributed by atoms with E-state index in [-0.39, 0.29) is 11.3 Å². The van der Waals surface area contributed by atoms with Gasteiger partial charge in [-0.2, -0.15) is 0 Å². The van der Waals surface area contributed by atoms with Crippen LogP contribution in [0.4, 0.5) is 0 Å². The van der Waals surface area contributed by atoms with E-state index in [1.807, 2.05) is 0 Å². The molecule has 1 aliphatic carbocycles. The average Bonchev–Trinajstić information content (AvgIpc) is 3.27. The summed E-state index contributed by atoms with van der Waals surface area (Å²) >= 11 is 1.63. The molecule has 1 saturated carbocycles. The van der Waals surface area contributed by atoms with Crippen LogP contribution in [0.2, 0.25) is 0 Å². The molecule has 0 aliphatic heterocycles. The van der Waals surface area contributed by atoms with Crippen molar-refractivity contribution in [3.8, 4) is 0 Å². The smallest absolute Gasteiger partial charge is 0.261 e. The number of benzene rings is 1. The molecule has 0 bridgehead atoms. The third-order valence-electron chi connectivity index (χ3n) is 6.83. The van der Waals surface area contributed by atoms with Crippen LogP contribution in [-0.4, -0.2) is 11.9 Å². The molecule has 0 saturated heterocycles. The Hall–Kier alpha value is -1.35. The van der Waals surface area contributed by atoms with Crippen LogP contribution in [0.3, 0.4) is 0 Å². The molecule has 1 aliphatic rings. The first-order valence-electron chi connectivity index (χ1n) is 11.2. The molecule has 1 heterocycles. The van der Waals surface area contributed by atoms with E-state index in [9.17, 15) is 4.79 Å². The second-order valence-electron chi connectivity index (χ2n) is 9.40. The number of fused-ring (bicyclic) bond motifs is 1. The zero-order chi connectivity index (χ0) is 20.3. The van der Waals surface area contributed by atoms with Gasteiger partial charge in [0.05, 0.1) is 4.88 Å². The van der Waals surface area contributed by atoms with Crippen molar-refractivity contribution in [2.75, 3.05) is 0 Å². The van der Waals surface area contributed by atoms with E-state index < -0.39 is 0 Å². The summed E-state index contributed by atoms with van der Waals surface area (Å²) in [5.74, 6) is 1.49. The molecule has 2 aromatic rings. The van der Waals surface area contributed by atoms with Gasteiger partial charge in [-0.3, -0.25) is 4.79 Å². The molecule has 1 amide bonds. The second kappa shape index (κ2) is 8.98. The predicted molar refractivity (Wildman–Crippen MR) is 122 cm³/mol. The number of amides is 1. The number of hydrogen-bond acceptors (Lipinski definition) is 2. The minimum Gasteiger partial charge on any atom is -0.348 e. The van der Waals surface area contributed by atoms with Gasteiger partial charge in [-0.1, -0.05) is 59.1 Å². The fraction of sp³-hybridized carbons (Fsp3) is 0.640. The Morgan fingerprint density at radius 1 is 1.18 bits per heavy atom. The van der Waals surface area contributed by atoms with E-state index in [4.69, 9.17) is 0 Å². The highest BCUT2D eigenvalue weighted by Crippen LogP contribution is 2.51. The fourth-order valence-corrected chi connectivity index (χ4v) is 5.45. The molecule has 1 fully saturated rings. The number of thiophene rings is 1. The number of hydrogen-bond donors (Lipinski definition) is 1. The molecular formula is C25H37NOS. The minimum atomic E-state index is 0.127. The minimum absolute atomic E-state index is 0.127. The first-order valence-corrected chi connectivity index (χ1v) is 12.0.